The van der Waals surface area contributed by atoms with Crippen molar-refractivity contribution < 1.29 is 4.79 Å². The predicted molar refractivity (Wildman–Crippen MR) is 67.2 cm³/mol. The van der Waals surface area contributed by atoms with Crippen molar-refractivity contribution in [2.24, 2.45) is 11.7 Å². The molecule has 0 amide bonds. The van der Waals surface area contributed by atoms with Crippen molar-refractivity contribution in [1.29, 1.82) is 0 Å². The summed E-state index contributed by atoms with van der Waals surface area (Å²) >= 11 is 6.06. The Morgan fingerprint density at radius 1 is 1.65 bits per heavy atom. The number of nitrogens with zero attached hydrogens (tertiary/aromatic N) is 2. The van der Waals surface area contributed by atoms with E-state index in [0.29, 0.717) is 10.7 Å². The van der Waals surface area contributed by atoms with Gasteiger partial charge in [0, 0.05) is 18.5 Å². The van der Waals surface area contributed by atoms with Crippen LogP contribution in [0.5, 0.6) is 0 Å². The molecule has 4 nitrogen and oxygen atoms in total. The zero-order chi connectivity index (χ0) is 12.4. The van der Waals surface area contributed by atoms with Crippen LogP contribution >= 0.6 is 11.6 Å². The Morgan fingerprint density at radius 2 is 2.41 bits per heavy atom. The SMILES string of the molecule is CCCn1ncc(Cl)c1C(=O)C1CCCC1N. The molecule has 0 bridgehead atoms. The average molecular weight is 256 g/mol. The first-order valence-corrected chi connectivity index (χ1v) is 6.54. The summed E-state index contributed by atoms with van der Waals surface area (Å²) in [5, 5.41) is 4.59. The van der Waals surface area contributed by atoms with Crippen LogP contribution in [0.1, 0.15) is 43.1 Å². The van der Waals surface area contributed by atoms with Crippen LogP contribution < -0.4 is 5.73 Å². The fraction of sp³-hybridized carbons (Fsp3) is 0.667. The third-order valence-corrected chi connectivity index (χ3v) is 3.65. The Morgan fingerprint density at radius 3 is 3.00 bits per heavy atom. The lowest BCUT2D eigenvalue weighted by atomic mass is 9.96. The van der Waals surface area contributed by atoms with Gasteiger partial charge in [0.15, 0.2) is 5.78 Å². The van der Waals surface area contributed by atoms with Gasteiger partial charge in [-0.3, -0.25) is 9.48 Å². The zero-order valence-corrected chi connectivity index (χ0v) is 10.8. The molecule has 1 aromatic rings. The number of ketones is 1. The highest BCUT2D eigenvalue weighted by Gasteiger charge is 2.33. The summed E-state index contributed by atoms with van der Waals surface area (Å²) in [6.45, 7) is 2.76. The minimum Gasteiger partial charge on any atom is -0.327 e. The Kier molecular flexibility index (Phi) is 3.84. The van der Waals surface area contributed by atoms with Crippen molar-refractivity contribution in [3.05, 3.63) is 16.9 Å². The number of rotatable bonds is 4. The van der Waals surface area contributed by atoms with E-state index in [-0.39, 0.29) is 17.7 Å². The number of aryl methyl sites for hydroxylation is 1. The van der Waals surface area contributed by atoms with Gasteiger partial charge in [0.2, 0.25) is 0 Å². The minimum absolute atomic E-state index is 0.0245. The fourth-order valence-corrected chi connectivity index (χ4v) is 2.71. The normalized spacial score (nSPS) is 24.2. The second kappa shape index (κ2) is 5.19. The molecule has 2 atom stereocenters. The lowest BCUT2D eigenvalue weighted by molar-refractivity contribution is 0.0902. The van der Waals surface area contributed by atoms with Crippen LogP contribution in [-0.4, -0.2) is 21.6 Å². The molecule has 0 spiro atoms. The molecule has 5 heteroatoms. The zero-order valence-electron chi connectivity index (χ0n) is 10.0. The van der Waals surface area contributed by atoms with E-state index in [1.54, 1.807) is 10.9 Å². The minimum atomic E-state index is -0.0835. The van der Waals surface area contributed by atoms with Crippen molar-refractivity contribution in [2.45, 2.75) is 45.2 Å². The largest absolute Gasteiger partial charge is 0.327 e. The van der Waals surface area contributed by atoms with Gasteiger partial charge in [-0.1, -0.05) is 24.9 Å². The summed E-state index contributed by atoms with van der Waals surface area (Å²) in [6, 6.07) is -0.0245. The van der Waals surface area contributed by atoms with E-state index in [2.05, 4.69) is 5.10 Å². The highest BCUT2D eigenvalue weighted by atomic mass is 35.5. The van der Waals surface area contributed by atoms with Crippen molar-refractivity contribution in [1.82, 2.24) is 9.78 Å². The van der Waals surface area contributed by atoms with Crippen LogP contribution in [0, 0.1) is 5.92 Å². The lowest BCUT2D eigenvalue weighted by Gasteiger charge is -2.15. The number of carbonyl (C=O) groups excluding carboxylic acids is 1. The van der Waals surface area contributed by atoms with Crippen LogP contribution in [0.25, 0.3) is 0 Å². The number of aromatic nitrogens is 2. The van der Waals surface area contributed by atoms with Gasteiger partial charge in [0.25, 0.3) is 0 Å². The standard InChI is InChI=1S/C12H18ClN3O/c1-2-6-16-11(9(13)7-15-16)12(17)8-4-3-5-10(8)14/h7-8,10H,2-6,14H2,1H3. The molecule has 0 radical (unpaired) electrons. The highest BCUT2D eigenvalue weighted by molar-refractivity contribution is 6.33. The maximum absolute atomic E-state index is 12.4. The van der Waals surface area contributed by atoms with Gasteiger partial charge in [0.05, 0.1) is 11.2 Å². The maximum Gasteiger partial charge on any atom is 0.187 e. The van der Waals surface area contributed by atoms with Gasteiger partial charge < -0.3 is 5.73 Å². The molecule has 17 heavy (non-hydrogen) atoms. The summed E-state index contributed by atoms with van der Waals surface area (Å²) in [6.07, 6.45) is 5.29. The Hall–Kier alpha value is -0.870. The van der Waals surface area contributed by atoms with E-state index in [0.717, 1.165) is 32.2 Å². The van der Waals surface area contributed by atoms with E-state index < -0.39 is 0 Å². The third kappa shape index (κ3) is 2.38. The first-order chi connectivity index (χ1) is 8.15. The van der Waals surface area contributed by atoms with E-state index in [9.17, 15) is 4.79 Å². The smallest absolute Gasteiger partial charge is 0.187 e. The quantitative estimate of drug-likeness (QED) is 0.840. The molecule has 1 fully saturated rings. The molecule has 2 N–H and O–H groups in total. The number of hydrogen-bond acceptors (Lipinski definition) is 3. The van der Waals surface area contributed by atoms with Gasteiger partial charge in [0.1, 0.15) is 5.69 Å². The molecule has 1 aliphatic carbocycles. The molecule has 2 unspecified atom stereocenters. The van der Waals surface area contributed by atoms with Crippen LogP contribution in [0.3, 0.4) is 0 Å². The summed E-state index contributed by atoms with van der Waals surface area (Å²) in [5.74, 6) is -0.0224. The molecular formula is C12H18ClN3O. The number of carbonyl (C=O) groups is 1. The second-order valence-electron chi connectivity index (χ2n) is 4.63. The number of halogens is 1. The Labute approximate surface area is 106 Å². The van der Waals surface area contributed by atoms with Crippen molar-refractivity contribution in [3.63, 3.8) is 0 Å². The number of hydrogen-bond donors (Lipinski definition) is 1. The molecular weight excluding hydrogens is 238 g/mol. The monoisotopic (exact) mass is 255 g/mol. The second-order valence-corrected chi connectivity index (χ2v) is 5.04. The van der Waals surface area contributed by atoms with Crippen molar-refractivity contribution in [3.8, 4) is 0 Å². The molecule has 94 valence electrons. The average Bonchev–Trinajstić information content (AvgIpc) is 2.86. The van der Waals surface area contributed by atoms with Crippen molar-refractivity contribution in [2.75, 3.05) is 0 Å². The first-order valence-electron chi connectivity index (χ1n) is 6.16. The molecule has 0 aliphatic heterocycles. The Bertz CT molecular complexity index is 416. The van der Waals surface area contributed by atoms with E-state index in [1.807, 2.05) is 6.92 Å². The van der Waals surface area contributed by atoms with Crippen LogP contribution in [0.4, 0.5) is 0 Å². The molecule has 0 aromatic carbocycles. The van der Waals surface area contributed by atoms with Gasteiger partial charge in [-0.25, -0.2) is 0 Å². The summed E-state index contributed by atoms with van der Waals surface area (Å²) in [4.78, 5) is 12.4. The topological polar surface area (TPSA) is 60.9 Å². The first kappa shape index (κ1) is 12.6. The van der Waals surface area contributed by atoms with Gasteiger partial charge in [-0.15, -0.1) is 0 Å². The lowest BCUT2D eigenvalue weighted by Crippen LogP contribution is -2.32. The predicted octanol–water partition coefficient (Wildman–Crippen LogP) is 2.26. The van der Waals surface area contributed by atoms with Crippen LogP contribution in [-0.2, 0) is 6.54 Å². The van der Waals surface area contributed by atoms with Gasteiger partial charge >= 0.3 is 0 Å². The molecule has 1 heterocycles. The highest BCUT2D eigenvalue weighted by Crippen LogP contribution is 2.29. The fourth-order valence-electron chi connectivity index (χ4n) is 2.48. The van der Waals surface area contributed by atoms with E-state index in [4.69, 9.17) is 17.3 Å². The molecule has 1 saturated carbocycles. The van der Waals surface area contributed by atoms with Gasteiger partial charge in [-0.05, 0) is 19.3 Å². The van der Waals surface area contributed by atoms with Crippen LogP contribution in [0.2, 0.25) is 5.02 Å². The molecule has 1 aromatic heterocycles. The third-order valence-electron chi connectivity index (χ3n) is 3.37. The summed E-state index contributed by atoms with van der Waals surface area (Å²) in [7, 11) is 0. The summed E-state index contributed by atoms with van der Waals surface area (Å²) in [5.41, 5.74) is 6.50. The van der Waals surface area contributed by atoms with Gasteiger partial charge in [-0.2, -0.15) is 5.10 Å². The molecule has 1 aliphatic rings. The van der Waals surface area contributed by atoms with Crippen molar-refractivity contribution >= 4 is 17.4 Å². The number of nitrogens with two attached hydrogens (primary N) is 1. The number of Topliss-reactive ketones (excluding diaryl/α,β-unsaturated/α-hetero) is 1. The molecule has 0 saturated heterocycles. The molecule has 2 rings (SSSR count). The van der Waals surface area contributed by atoms with Crippen LogP contribution in [0.15, 0.2) is 6.20 Å². The van der Waals surface area contributed by atoms with E-state index >= 15 is 0 Å². The summed E-state index contributed by atoms with van der Waals surface area (Å²) < 4.78 is 1.70. The maximum atomic E-state index is 12.4. The van der Waals surface area contributed by atoms with E-state index in [1.165, 1.54) is 0 Å². The Balaban J connectivity index is 2.26.